The highest BCUT2D eigenvalue weighted by atomic mass is 16.5. The van der Waals surface area contributed by atoms with E-state index in [0.29, 0.717) is 38.7 Å². The van der Waals surface area contributed by atoms with Crippen molar-refractivity contribution >= 4 is 11.8 Å². The predicted octanol–water partition coefficient (Wildman–Crippen LogP) is 0.820. The zero-order chi connectivity index (χ0) is 17.2. The topological polar surface area (TPSA) is 75.6 Å². The average Bonchev–Trinajstić information content (AvgIpc) is 2.62. The molecule has 3 rings (SSSR count). The van der Waals surface area contributed by atoms with Crippen molar-refractivity contribution in [3.8, 4) is 0 Å². The molecule has 2 aliphatic heterocycles. The van der Waals surface area contributed by atoms with Gasteiger partial charge in [0.1, 0.15) is 6.33 Å². The Hall–Kier alpha value is -2.02. The number of carbonyl (C=O) groups excluding carboxylic acids is 2. The maximum atomic E-state index is 12.9. The fraction of sp³-hybridized carbons (Fsp3) is 0.647. The van der Waals surface area contributed by atoms with Crippen molar-refractivity contribution in [2.75, 3.05) is 32.8 Å². The van der Waals surface area contributed by atoms with Crippen LogP contribution in [-0.4, -0.2) is 70.0 Å². The van der Waals surface area contributed by atoms with Crippen LogP contribution in [0.25, 0.3) is 0 Å². The maximum Gasteiger partial charge on any atom is 0.256 e. The Balaban J connectivity index is 1.61. The first-order valence-corrected chi connectivity index (χ1v) is 8.44. The highest BCUT2D eigenvalue weighted by Gasteiger charge is 2.43. The molecule has 2 amide bonds. The predicted molar refractivity (Wildman–Crippen MR) is 87.2 cm³/mol. The van der Waals surface area contributed by atoms with E-state index in [4.69, 9.17) is 4.74 Å². The van der Waals surface area contributed by atoms with Gasteiger partial charge in [-0.15, -0.1) is 0 Å². The molecule has 0 bridgehead atoms. The summed E-state index contributed by atoms with van der Waals surface area (Å²) in [6.07, 6.45) is 5.09. The van der Waals surface area contributed by atoms with E-state index in [2.05, 4.69) is 9.97 Å². The Kier molecular flexibility index (Phi) is 4.80. The van der Waals surface area contributed by atoms with Crippen molar-refractivity contribution < 1.29 is 14.3 Å². The van der Waals surface area contributed by atoms with E-state index >= 15 is 0 Å². The van der Waals surface area contributed by atoms with Crippen LogP contribution >= 0.6 is 0 Å². The van der Waals surface area contributed by atoms with Crippen molar-refractivity contribution in [1.29, 1.82) is 0 Å². The molecule has 7 nitrogen and oxygen atoms in total. The number of piperidine rings is 1. The van der Waals surface area contributed by atoms with E-state index in [1.165, 1.54) is 6.92 Å². The number of carbonyl (C=O) groups is 2. The second-order valence-electron chi connectivity index (χ2n) is 6.72. The van der Waals surface area contributed by atoms with Crippen LogP contribution in [-0.2, 0) is 14.3 Å². The van der Waals surface area contributed by atoms with Crippen molar-refractivity contribution in [1.82, 2.24) is 19.8 Å². The number of morpholine rings is 1. The molecular formula is C17H24N4O3. The quantitative estimate of drug-likeness (QED) is 0.801. The Morgan fingerprint density at radius 1 is 1.25 bits per heavy atom. The first-order chi connectivity index (χ1) is 11.5. The van der Waals surface area contributed by atoms with Gasteiger partial charge in [-0.25, -0.2) is 9.97 Å². The highest BCUT2D eigenvalue weighted by Crippen LogP contribution is 2.29. The average molecular weight is 332 g/mol. The van der Waals surface area contributed by atoms with Gasteiger partial charge in [0.15, 0.2) is 5.60 Å². The summed E-state index contributed by atoms with van der Waals surface area (Å²) in [5.74, 6) is 0.334. The molecule has 0 radical (unpaired) electrons. The third-order valence-electron chi connectivity index (χ3n) is 4.98. The standard InChI is InChI=1S/C17H24N4O3/c1-13(22)21-9-10-24-17(2,11-21)16(23)20-7-4-14(5-8-20)15-3-6-18-12-19-15/h3,6,12,14H,4-5,7-11H2,1-2H3/t17-/m0/s1. The van der Waals surface area contributed by atoms with E-state index in [0.717, 1.165) is 18.5 Å². The van der Waals surface area contributed by atoms with Gasteiger partial charge in [0, 0.05) is 44.4 Å². The number of amides is 2. The lowest BCUT2D eigenvalue weighted by molar-refractivity contribution is -0.171. The van der Waals surface area contributed by atoms with Gasteiger partial charge in [0.25, 0.3) is 5.91 Å². The van der Waals surface area contributed by atoms with Crippen LogP contribution in [0.5, 0.6) is 0 Å². The molecule has 0 spiro atoms. The van der Waals surface area contributed by atoms with Gasteiger partial charge < -0.3 is 14.5 Å². The smallest absolute Gasteiger partial charge is 0.256 e. The monoisotopic (exact) mass is 332 g/mol. The Morgan fingerprint density at radius 3 is 2.62 bits per heavy atom. The first-order valence-electron chi connectivity index (χ1n) is 8.44. The fourth-order valence-corrected chi connectivity index (χ4v) is 3.52. The number of likely N-dealkylation sites (tertiary alicyclic amines) is 1. The molecule has 0 N–H and O–H groups in total. The normalized spacial score (nSPS) is 25.6. The van der Waals surface area contributed by atoms with Gasteiger partial charge in [-0.05, 0) is 25.8 Å². The molecule has 7 heteroatoms. The highest BCUT2D eigenvalue weighted by molar-refractivity contribution is 5.86. The Morgan fingerprint density at radius 2 is 2.00 bits per heavy atom. The molecule has 2 aliphatic rings. The van der Waals surface area contributed by atoms with Crippen molar-refractivity contribution in [2.24, 2.45) is 0 Å². The summed E-state index contributed by atoms with van der Waals surface area (Å²) in [5.41, 5.74) is 0.103. The Labute approximate surface area is 142 Å². The van der Waals surface area contributed by atoms with Gasteiger partial charge in [-0.2, -0.15) is 0 Å². The summed E-state index contributed by atoms with van der Waals surface area (Å²) in [6.45, 7) is 5.98. The Bertz CT molecular complexity index is 601. The lowest BCUT2D eigenvalue weighted by Crippen LogP contribution is -2.60. The molecule has 0 aliphatic carbocycles. The first kappa shape index (κ1) is 16.8. The minimum Gasteiger partial charge on any atom is -0.362 e. The van der Waals surface area contributed by atoms with Gasteiger partial charge >= 0.3 is 0 Å². The van der Waals surface area contributed by atoms with E-state index in [-0.39, 0.29) is 11.8 Å². The minimum atomic E-state index is -0.939. The van der Waals surface area contributed by atoms with Crippen LogP contribution in [0.2, 0.25) is 0 Å². The van der Waals surface area contributed by atoms with Crippen LogP contribution in [0, 0.1) is 0 Å². The van der Waals surface area contributed by atoms with Crippen molar-refractivity contribution in [3.63, 3.8) is 0 Å². The summed E-state index contributed by atoms with van der Waals surface area (Å²) in [4.78, 5) is 36.4. The second kappa shape index (κ2) is 6.84. The molecule has 2 saturated heterocycles. The fourth-order valence-electron chi connectivity index (χ4n) is 3.52. The lowest BCUT2D eigenvalue weighted by atomic mass is 9.92. The molecule has 130 valence electrons. The molecule has 24 heavy (non-hydrogen) atoms. The van der Waals surface area contributed by atoms with E-state index in [1.54, 1.807) is 24.3 Å². The van der Waals surface area contributed by atoms with Crippen LogP contribution in [0.15, 0.2) is 18.6 Å². The number of nitrogens with zero attached hydrogens (tertiary/aromatic N) is 4. The maximum absolute atomic E-state index is 12.9. The summed E-state index contributed by atoms with van der Waals surface area (Å²) in [5, 5.41) is 0. The van der Waals surface area contributed by atoms with E-state index in [9.17, 15) is 9.59 Å². The van der Waals surface area contributed by atoms with Gasteiger partial charge in [0.2, 0.25) is 5.91 Å². The number of aromatic nitrogens is 2. The van der Waals surface area contributed by atoms with Gasteiger partial charge in [0.05, 0.1) is 13.2 Å². The molecule has 1 aromatic rings. The molecule has 2 fully saturated rings. The number of hydrogen-bond acceptors (Lipinski definition) is 5. The third-order valence-corrected chi connectivity index (χ3v) is 4.98. The summed E-state index contributed by atoms with van der Waals surface area (Å²) < 4.78 is 5.77. The van der Waals surface area contributed by atoms with E-state index in [1.807, 2.05) is 11.0 Å². The van der Waals surface area contributed by atoms with Crippen LogP contribution in [0.1, 0.15) is 38.3 Å². The molecular weight excluding hydrogens is 308 g/mol. The molecule has 0 saturated carbocycles. The molecule has 1 atom stereocenters. The van der Waals surface area contributed by atoms with Crippen LogP contribution in [0.4, 0.5) is 0 Å². The van der Waals surface area contributed by atoms with Crippen molar-refractivity contribution in [3.05, 3.63) is 24.3 Å². The SMILES string of the molecule is CC(=O)N1CCO[C@](C)(C(=O)N2CCC(c3ccncn3)CC2)C1. The summed E-state index contributed by atoms with van der Waals surface area (Å²) >= 11 is 0. The zero-order valence-electron chi connectivity index (χ0n) is 14.3. The second-order valence-corrected chi connectivity index (χ2v) is 6.72. The third kappa shape index (κ3) is 3.40. The number of ether oxygens (including phenoxy) is 1. The van der Waals surface area contributed by atoms with Crippen LogP contribution < -0.4 is 0 Å². The largest absolute Gasteiger partial charge is 0.362 e. The summed E-state index contributed by atoms with van der Waals surface area (Å²) in [7, 11) is 0. The lowest BCUT2D eigenvalue weighted by Gasteiger charge is -2.43. The molecule has 0 aromatic carbocycles. The van der Waals surface area contributed by atoms with Crippen LogP contribution in [0.3, 0.4) is 0 Å². The number of hydrogen-bond donors (Lipinski definition) is 0. The minimum absolute atomic E-state index is 0.0141. The van der Waals surface area contributed by atoms with Gasteiger partial charge in [-0.1, -0.05) is 0 Å². The molecule has 3 heterocycles. The zero-order valence-corrected chi connectivity index (χ0v) is 14.3. The molecule has 1 aromatic heterocycles. The summed E-state index contributed by atoms with van der Waals surface area (Å²) in [6, 6.07) is 1.94. The van der Waals surface area contributed by atoms with Gasteiger partial charge in [-0.3, -0.25) is 9.59 Å². The number of rotatable bonds is 2. The van der Waals surface area contributed by atoms with Crippen molar-refractivity contribution in [2.45, 2.75) is 38.2 Å². The van der Waals surface area contributed by atoms with E-state index < -0.39 is 5.60 Å². The molecule has 0 unspecified atom stereocenters.